The summed E-state index contributed by atoms with van der Waals surface area (Å²) < 4.78 is 0.977. The van der Waals surface area contributed by atoms with E-state index in [0.29, 0.717) is 0 Å². The maximum Gasteiger partial charge on any atom is 0.363 e. The Balaban J connectivity index is 2.47. The van der Waals surface area contributed by atoms with Crippen molar-refractivity contribution in [3.05, 3.63) is 56.4 Å². The van der Waals surface area contributed by atoms with Crippen LogP contribution in [0.5, 0.6) is 0 Å². The molecule has 0 bridgehead atoms. The molecule has 0 amide bonds. The van der Waals surface area contributed by atoms with Crippen molar-refractivity contribution in [3.63, 3.8) is 0 Å². The molecule has 0 aliphatic carbocycles. The van der Waals surface area contributed by atoms with Gasteiger partial charge in [0.2, 0.25) is 5.69 Å². The van der Waals surface area contributed by atoms with E-state index in [9.17, 15) is 25.0 Å². The van der Waals surface area contributed by atoms with Gasteiger partial charge in [-0.2, -0.15) is 5.10 Å². The predicted molar refractivity (Wildman–Crippen MR) is 63.8 cm³/mol. The maximum absolute atomic E-state index is 10.8. The van der Waals surface area contributed by atoms with Crippen molar-refractivity contribution >= 4 is 17.3 Å². The third-order valence-corrected chi connectivity index (χ3v) is 2.42. The van der Waals surface area contributed by atoms with Crippen molar-refractivity contribution in [1.82, 2.24) is 9.78 Å². The summed E-state index contributed by atoms with van der Waals surface area (Å²) in [6, 6.07) is 4.98. The van der Waals surface area contributed by atoms with Crippen LogP contribution in [0.2, 0.25) is 0 Å². The number of carboxylic acids is 1. The number of rotatable bonds is 4. The topological polar surface area (TPSA) is 141 Å². The molecule has 10 nitrogen and oxygen atoms in total. The van der Waals surface area contributed by atoms with Crippen LogP contribution in [0.25, 0.3) is 5.69 Å². The molecule has 0 radical (unpaired) electrons. The summed E-state index contributed by atoms with van der Waals surface area (Å²) in [4.78, 5) is 30.6. The second-order valence-electron chi connectivity index (χ2n) is 3.64. The van der Waals surface area contributed by atoms with E-state index in [1.807, 2.05) is 0 Å². The lowest BCUT2D eigenvalue weighted by atomic mass is 10.3. The first-order valence-corrected chi connectivity index (χ1v) is 5.12. The summed E-state index contributed by atoms with van der Waals surface area (Å²) in [7, 11) is 0. The minimum absolute atomic E-state index is 0.158. The summed E-state index contributed by atoms with van der Waals surface area (Å²) in [5.74, 6) is -1.53. The SMILES string of the molecule is O=C(O)c1nn(-c2ccc([N+](=O)[O-])cc2)cc1[N+](=O)[O-]. The van der Waals surface area contributed by atoms with Crippen LogP contribution in [0.3, 0.4) is 0 Å². The zero-order valence-corrected chi connectivity index (χ0v) is 9.66. The lowest BCUT2D eigenvalue weighted by Gasteiger charge is -1.99. The van der Waals surface area contributed by atoms with Crippen molar-refractivity contribution < 1.29 is 19.7 Å². The highest BCUT2D eigenvalue weighted by Gasteiger charge is 2.25. The van der Waals surface area contributed by atoms with E-state index in [-0.39, 0.29) is 11.4 Å². The molecule has 0 atom stereocenters. The molecule has 0 unspecified atom stereocenters. The Hall–Kier alpha value is -3.30. The van der Waals surface area contributed by atoms with E-state index < -0.39 is 27.2 Å². The molecular weight excluding hydrogens is 272 g/mol. The second kappa shape index (κ2) is 4.76. The largest absolute Gasteiger partial charge is 0.476 e. The van der Waals surface area contributed by atoms with Crippen molar-refractivity contribution in [2.45, 2.75) is 0 Å². The molecule has 2 aromatic rings. The summed E-state index contributed by atoms with van der Waals surface area (Å²) >= 11 is 0. The first kappa shape index (κ1) is 13.1. The predicted octanol–water partition coefficient (Wildman–Crippen LogP) is 1.39. The number of carbonyl (C=O) groups is 1. The molecule has 0 spiro atoms. The zero-order valence-electron chi connectivity index (χ0n) is 9.66. The van der Waals surface area contributed by atoms with Crippen LogP contribution in [0, 0.1) is 20.2 Å². The van der Waals surface area contributed by atoms with Gasteiger partial charge in [0.05, 0.1) is 15.5 Å². The fourth-order valence-electron chi connectivity index (χ4n) is 1.51. The lowest BCUT2D eigenvalue weighted by Crippen LogP contribution is -2.02. The molecule has 0 aliphatic heterocycles. The molecule has 2 rings (SSSR count). The van der Waals surface area contributed by atoms with Crippen LogP contribution >= 0.6 is 0 Å². The van der Waals surface area contributed by atoms with Crippen LogP contribution < -0.4 is 0 Å². The quantitative estimate of drug-likeness (QED) is 0.657. The van der Waals surface area contributed by atoms with Crippen molar-refractivity contribution in [3.8, 4) is 5.69 Å². The maximum atomic E-state index is 10.8. The smallest absolute Gasteiger partial charge is 0.363 e. The number of aromatic carboxylic acids is 1. The fourth-order valence-corrected chi connectivity index (χ4v) is 1.51. The summed E-state index contributed by atoms with van der Waals surface area (Å²) in [5.41, 5.74) is -1.25. The van der Waals surface area contributed by atoms with E-state index in [0.717, 1.165) is 10.9 Å². The Morgan fingerprint density at radius 1 is 1.15 bits per heavy atom. The number of carboxylic acid groups (broad SMARTS) is 1. The Morgan fingerprint density at radius 3 is 2.15 bits per heavy atom. The molecule has 1 aromatic carbocycles. The fraction of sp³-hybridized carbons (Fsp3) is 0. The second-order valence-corrected chi connectivity index (χ2v) is 3.64. The first-order chi connectivity index (χ1) is 9.40. The van der Waals surface area contributed by atoms with Gasteiger partial charge < -0.3 is 5.11 Å². The van der Waals surface area contributed by atoms with Gasteiger partial charge in [0, 0.05) is 12.1 Å². The molecule has 0 fully saturated rings. The van der Waals surface area contributed by atoms with Gasteiger partial charge in [-0.3, -0.25) is 20.2 Å². The monoisotopic (exact) mass is 278 g/mol. The molecule has 20 heavy (non-hydrogen) atoms. The highest BCUT2D eigenvalue weighted by Crippen LogP contribution is 2.21. The summed E-state index contributed by atoms with van der Waals surface area (Å²) in [6.45, 7) is 0. The first-order valence-electron chi connectivity index (χ1n) is 5.12. The zero-order chi connectivity index (χ0) is 14.9. The summed E-state index contributed by atoms with van der Waals surface area (Å²) in [5, 5.41) is 33.6. The lowest BCUT2D eigenvalue weighted by molar-refractivity contribution is -0.385. The van der Waals surface area contributed by atoms with Crippen molar-refractivity contribution in [1.29, 1.82) is 0 Å². The molecule has 1 N–H and O–H groups in total. The minimum Gasteiger partial charge on any atom is -0.476 e. The van der Waals surface area contributed by atoms with Crippen molar-refractivity contribution in [2.24, 2.45) is 0 Å². The van der Waals surface area contributed by atoms with Crippen LogP contribution in [0.4, 0.5) is 11.4 Å². The molecule has 0 saturated heterocycles. The van der Waals surface area contributed by atoms with Gasteiger partial charge in [0.25, 0.3) is 5.69 Å². The van der Waals surface area contributed by atoms with Crippen molar-refractivity contribution in [2.75, 3.05) is 0 Å². The standard InChI is InChI=1S/C10H6N4O6/c15-10(16)9-8(14(19)20)5-12(11-9)6-1-3-7(4-2-6)13(17)18/h1-5H,(H,15,16). The number of aromatic nitrogens is 2. The number of nitro groups is 2. The molecule has 10 heteroatoms. The molecule has 1 aromatic heterocycles. The molecular formula is C10H6N4O6. The van der Waals surface area contributed by atoms with E-state index in [1.54, 1.807) is 0 Å². The Labute approximate surface area is 110 Å². The van der Waals surface area contributed by atoms with E-state index in [1.165, 1.54) is 24.3 Å². The number of hydrogen-bond acceptors (Lipinski definition) is 6. The van der Waals surface area contributed by atoms with E-state index in [2.05, 4.69) is 5.10 Å². The highest BCUT2D eigenvalue weighted by molar-refractivity contribution is 5.89. The molecule has 0 aliphatic rings. The van der Waals surface area contributed by atoms with Gasteiger partial charge in [0.1, 0.15) is 6.20 Å². The van der Waals surface area contributed by atoms with Gasteiger partial charge in [-0.25, -0.2) is 9.48 Å². The average Bonchev–Trinajstić information content (AvgIpc) is 2.84. The van der Waals surface area contributed by atoms with Gasteiger partial charge >= 0.3 is 11.7 Å². The normalized spacial score (nSPS) is 10.2. The van der Waals surface area contributed by atoms with Crippen LogP contribution in [-0.4, -0.2) is 30.7 Å². The molecule has 102 valence electrons. The highest BCUT2D eigenvalue weighted by atomic mass is 16.6. The third-order valence-electron chi connectivity index (χ3n) is 2.42. The van der Waals surface area contributed by atoms with Gasteiger partial charge in [-0.1, -0.05) is 0 Å². The van der Waals surface area contributed by atoms with Crippen LogP contribution in [0.1, 0.15) is 10.5 Å². The van der Waals surface area contributed by atoms with Gasteiger partial charge in [0.15, 0.2) is 0 Å². The number of nitro benzene ring substituents is 1. The Kier molecular flexibility index (Phi) is 3.13. The van der Waals surface area contributed by atoms with Gasteiger partial charge in [-0.15, -0.1) is 0 Å². The van der Waals surface area contributed by atoms with E-state index in [4.69, 9.17) is 5.11 Å². The third kappa shape index (κ3) is 2.29. The molecule has 1 heterocycles. The van der Waals surface area contributed by atoms with Gasteiger partial charge in [-0.05, 0) is 12.1 Å². The number of benzene rings is 1. The minimum atomic E-state index is -1.53. The van der Waals surface area contributed by atoms with Crippen LogP contribution in [-0.2, 0) is 0 Å². The summed E-state index contributed by atoms with van der Waals surface area (Å²) in [6.07, 6.45) is 0.935. The number of non-ortho nitro benzene ring substituents is 1. The average molecular weight is 278 g/mol. The number of hydrogen-bond donors (Lipinski definition) is 1. The Morgan fingerprint density at radius 2 is 1.75 bits per heavy atom. The number of nitrogens with zero attached hydrogens (tertiary/aromatic N) is 4. The Bertz CT molecular complexity index is 674. The van der Waals surface area contributed by atoms with E-state index >= 15 is 0 Å². The van der Waals surface area contributed by atoms with Crippen LogP contribution in [0.15, 0.2) is 30.5 Å². The molecule has 0 saturated carbocycles.